The van der Waals surface area contributed by atoms with E-state index >= 15 is 0 Å². The minimum Gasteiger partial charge on any atom is -0.395 e. The van der Waals surface area contributed by atoms with E-state index in [0.29, 0.717) is 19.1 Å². The van der Waals surface area contributed by atoms with Gasteiger partial charge in [0.1, 0.15) is 0 Å². The van der Waals surface area contributed by atoms with Crippen molar-refractivity contribution >= 4 is 5.91 Å². The summed E-state index contributed by atoms with van der Waals surface area (Å²) in [5.41, 5.74) is 5.87. The molecule has 1 aliphatic rings. The molecule has 5 nitrogen and oxygen atoms in total. The lowest BCUT2D eigenvalue weighted by molar-refractivity contribution is -0.133. The molecular weight excluding hydrogens is 254 g/mol. The van der Waals surface area contributed by atoms with Gasteiger partial charge in [-0.3, -0.25) is 9.69 Å². The molecule has 1 rings (SSSR count). The maximum absolute atomic E-state index is 12.3. The second-order valence-corrected chi connectivity index (χ2v) is 5.78. The Balaban J connectivity index is 2.31. The normalized spacial score (nSPS) is 17.4. The van der Waals surface area contributed by atoms with Crippen molar-refractivity contribution in [2.24, 2.45) is 5.73 Å². The predicted molar refractivity (Wildman–Crippen MR) is 81.5 cm³/mol. The number of carbonyl (C=O) groups excluding carboxylic acids is 1. The van der Waals surface area contributed by atoms with E-state index in [4.69, 9.17) is 10.8 Å². The minimum atomic E-state index is 0.0460. The molecule has 0 spiro atoms. The van der Waals surface area contributed by atoms with Gasteiger partial charge in [-0.15, -0.1) is 0 Å². The topological polar surface area (TPSA) is 69.8 Å². The summed E-state index contributed by atoms with van der Waals surface area (Å²) in [7, 11) is 0. The first-order valence-corrected chi connectivity index (χ1v) is 8.04. The molecular formula is C15H31N3O2. The van der Waals surface area contributed by atoms with Gasteiger partial charge in [0.2, 0.25) is 5.91 Å². The number of hydrogen-bond donors (Lipinski definition) is 2. The number of amides is 1. The van der Waals surface area contributed by atoms with E-state index in [1.54, 1.807) is 0 Å². The van der Waals surface area contributed by atoms with E-state index in [1.807, 2.05) is 4.90 Å². The summed E-state index contributed by atoms with van der Waals surface area (Å²) in [5, 5.41) is 9.10. The third-order valence-electron chi connectivity index (χ3n) is 4.00. The average molecular weight is 285 g/mol. The Kier molecular flexibility index (Phi) is 8.82. The van der Waals surface area contributed by atoms with Crippen molar-refractivity contribution in [3.05, 3.63) is 0 Å². The molecule has 1 heterocycles. The predicted octanol–water partition coefficient (Wildman–Crippen LogP) is 0.811. The van der Waals surface area contributed by atoms with Crippen molar-refractivity contribution in [1.29, 1.82) is 0 Å². The van der Waals surface area contributed by atoms with Crippen LogP contribution in [-0.2, 0) is 4.79 Å². The number of aliphatic hydroxyl groups excluding tert-OH is 1. The van der Waals surface area contributed by atoms with Gasteiger partial charge in [-0.05, 0) is 19.3 Å². The zero-order valence-corrected chi connectivity index (χ0v) is 12.9. The molecule has 5 heteroatoms. The SMILES string of the molecule is CCCCCCN(CCO)C(=O)CN1CCC(N)CC1. The van der Waals surface area contributed by atoms with E-state index in [2.05, 4.69) is 11.8 Å². The number of nitrogens with zero attached hydrogens (tertiary/aromatic N) is 2. The number of likely N-dealkylation sites (tertiary alicyclic amines) is 1. The molecule has 0 aliphatic carbocycles. The van der Waals surface area contributed by atoms with Crippen LogP contribution in [0.25, 0.3) is 0 Å². The van der Waals surface area contributed by atoms with Crippen molar-refractivity contribution in [3.63, 3.8) is 0 Å². The Morgan fingerprint density at radius 2 is 1.95 bits per heavy atom. The molecule has 20 heavy (non-hydrogen) atoms. The average Bonchev–Trinajstić information content (AvgIpc) is 2.44. The van der Waals surface area contributed by atoms with Gasteiger partial charge in [-0.2, -0.15) is 0 Å². The van der Waals surface area contributed by atoms with Crippen LogP contribution in [0, 0.1) is 0 Å². The summed E-state index contributed by atoms with van der Waals surface area (Å²) < 4.78 is 0. The maximum Gasteiger partial charge on any atom is 0.236 e. The largest absolute Gasteiger partial charge is 0.395 e. The third kappa shape index (κ3) is 6.68. The summed E-state index contributed by atoms with van der Waals surface area (Å²) >= 11 is 0. The van der Waals surface area contributed by atoms with Crippen LogP contribution in [0.5, 0.6) is 0 Å². The minimum absolute atomic E-state index is 0.0460. The van der Waals surface area contributed by atoms with Gasteiger partial charge >= 0.3 is 0 Å². The molecule has 1 aliphatic heterocycles. The molecule has 0 bridgehead atoms. The van der Waals surface area contributed by atoms with E-state index in [1.165, 1.54) is 12.8 Å². The van der Waals surface area contributed by atoms with Crippen molar-refractivity contribution in [2.45, 2.75) is 51.5 Å². The van der Waals surface area contributed by atoms with Gasteiger partial charge in [0.05, 0.1) is 13.2 Å². The Labute approximate surface area is 123 Å². The first kappa shape index (κ1) is 17.4. The summed E-state index contributed by atoms with van der Waals surface area (Å²) in [4.78, 5) is 16.3. The van der Waals surface area contributed by atoms with Gasteiger partial charge < -0.3 is 15.7 Å². The van der Waals surface area contributed by atoms with E-state index < -0.39 is 0 Å². The molecule has 0 atom stereocenters. The van der Waals surface area contributed by atoms with E-state index in [-0.39, 0.29) is 12.5 Å². The standard InChI is InChI=1S/C15H31N3O2/c1-2-3-4-5-8-18(11-12-19)15(20)13-17-9-6-14(16)7-10-17/h14,19H,2-13,16H2,1H3. The molecule has 3 N–H and O–H groups in total. The van der Waals surface area contributed by atoms with Crippen LogP contribution in [0.15, 0.2) is 0 Å². The Morgan fingerprint density at radius 3 is 2.55 bits per heavy atom. The van der Waals surface area contributed by atoms with Gasteiger partial charge in [-0.25, -0.2) is 0 Å². The van der Waals surface area contributed by atoms with Crippen molar-refractivity contribution in [3.8, 4) is 0 Å². The van der Waals surface area contributed by atoms with Crippen LogP contribution >= 0.6 is 0 Å². The lowest BCUT2D eigenvalue weighted by atomic mass is 10.1. The molecule has 0 aromatic rings. The highest BCUT2D eigenvalue weighted by atomic mass is 16.3. The zero-order valence-electron chi connectivity index (χ0n) is 12.9. The zero-order chi connectivity index (χ0) is 14.8. The van der Waals surface area contributed by atoms with Crippen LogP contribution in [0.2, 0.25) is 0 Å². The second kappa shape index (κ2) is 10.1. The van der Waals surface area contributed by atoms with Crippen molar-refractivity contribution < 1.29 is 9.90 Å². The Hall–Kier alpha value is -0.650. The quantitative estimate of drug-likeness (QED) is 0.615. The van der Waals surface area contributed by atoms with Crippen LogP contribution in [0.3, 0.4) is 0 Å². The Morgan fingerprint density at radius 1 is 1.25 bits per heavy atom. The molecule has 0 saturated carbocycles. The van der Waals surface area contributed by atoms with Crippen LogP contribution in [0.4, 0.5) is 0 Å². The molecule has 0 aromatic heterocycles. The van der Waals surface area contributed by atoms with Crippen LogP contribution in [0.1, 0.15) is 45.4 Å². The van der Waals surface area contributed by atoms with Gasteiger partial charge in [0.25, 0.3) is 0 Å². The highest BCUT2D eigenvalue weighted by molar-refractivity contribution is 5.78. The van der Waals surface area contributed by atoms with Crippen molar-refractivity contribution in [1.82, 2.24) is 9.80 Å². The number of hydrogen-bond acceptors (Lipinski definition) is 4. The van der Waals surface area contributed by atoms with E-state index in [0.717, 1.165) is 45.3 Å². The number of piperidine rings is 1. The van der Waals surface area contributed by atoms with Crippen molar-refractivity contribution in [2.75, 3.05) is 39.3 Å². The smallest absolute Gasteiger partial charge is 0.236 e. The molecule has 1 saturated heterocycles. The van der Waals surface area contributed by atoms with Gasteiger partial charge in [0, 0.05) is 32.2 Å². The fraction of sp³-hybridized carbons (Fsp3) is 0.933. The lowest BCUT2D eigenvalue weighted by Crippen LogP contribution is -2.46. The first-order valence-electron chi connectivity index (χ1n) is 8.04. The third-order valence-corrected chi connectivity index (χ3v) is 4.00. The fourth-order valence-corrected chi connectivity index (χ4v) is 2.61. The molecule has 0 aromatic carbocycles. The van der Waals surface area contributed by atoms with E-state index in [9.17, 15) is 4.79 Å². The molecule has 0 unspecified atom stereocenters. The number of unbranched alkanes of at least 4 members (excludes halogenated alkanes) is 3. The summed E-state index contributed by atoms with van der Waals surface area (Å²) in [6.07, 6.45) is 6.55. The number of aliphatic hydroxyl groups is 1. The van der Waals surface area contributed by atoms with Crippen LogP contribution < -0.4 is 5.73 Å². The molecule has 118 valence electrons. The monoisotopic (exact) mass is 285 g/mol. The summed E-state index contributed by atoms with van der Waals surface area (Å²) in [6, 6.07) is 0.295. The molecule has 0 radical (unpaired) electrons. The lowest BCUT2D eigenvalue weighted by Gasteiger charge is -2.31. The van der Waals surface area contributed by atoms with Gasteiger partial charge in [0.15, 0.2) is 0 Å². The van der Waals surface area contributed by atoms with Gasteiger partial charge in [-0.1, -0.05) is 26.2 Å². The fourth-order valence-electron chi connectivity index (χ4n) is 2.61. The summed E-state index contributed by atoms with van der Waals surface area (Å²) in [5.74, 6) is 0.144. The maximum atomic E-state index is 12.3. The second-order valence-electron chi connectivity index (χ2n) is 5.78. The summed E-state index contributed by atoms with van der Waals surface area (Å²) in [6.45, 7) is 5.75. The number of carbonyl (C=O) groups is 1. The Bertz CT molecular complexity index is 266. The first-order chi connectivity index (χ1) is 9.67. The van der Waals surface area contributed by atoms with Crippen LogP contribution in [-0.4, -0.2) is 66.2 Å². The molecule has 1 amide bonds. The molecule has 1 fully saturated rings. The highest BCUT2D eigenvalue weighted by Crippen LogP contribution is 2.09. The highest BCUT2D eigenvalue weighted by Gasteiger charge is 2.20. The number of nitrogens with two attached hydrogens (primary N) is 1. The number of rotatable bonds is 9.